The Morgan fingerprint density at radius 2 is 2.08 bits per heavy atom. The van der Waals surface area contributed by atoms with Crippen LogP contribution in [-0.2, 0) is 29.6 Å². The van der Waals surface area contributed by atoms with Crippen LogP contribution in [0.25, 0.3) is 0 Å². The van der Waals surface area contributed by atoms with E-state index < -0.39 is 0 Å². The molecule has 3 rings (SSSR count). The maximum atomic E-state index is 12.0. The molecule has 9 nitrogen and oxygen atoms in total. The van der Waals surface area contributed by atoms with E-state index in [2.05, 4.69) is 26.0 Å². The molecule has 1 saturated carbocycles. The first kappa shape index (κ1) is 17.1. The van der Waals surface area contributed by atoms with Gasteiger partial charge >= 0.3 is 0 Å². The van der Waals surface area contributed by atoms with Gasteiger partial charge < -0.3 is 10.6 Å². The third-order valence-corrected chi connectivity index (χ3v) is 4.40. The Morgan fingerprint density at radius 3 is 2.72 bits per heavy atom. The van der Waals surface area contributed by atoms with E-state index in [1.54, 1.807) is 6.20 Å². The van der Waals surface area contributed by atoms with Gasteiger partial charge in [-0.1, -0.05) is 5.21 Å². The molecule has 2 amide bonds. The van der Waals surface area contributed by atoms with Crippen molar-refractivity contribution in [3.8, 4) is 0 Å². The highest BCUT2D eigenvalue weighted by atomic mass is 16.2. The van der Waals surface area contributed by atoms with Crippen molar-refractivity contribution in [2.75, 3.05) is 11.9 Å². The summed E-state index contributed by atoms with van der Waals surface area (Å²) < 4.78 is 3.26. The predicted molar refractivity (Wildman–Crippen MR) is 90.8 cm³/mol. The van der Waals surface area contributed by atoms with E-state index in [1.807, 2.05) is 25.6 Å². The number of aryl methyl sites for hydroxylation is 2. The zero-order chi connectivity index (χ0) is 18.0. The standard InChI is InChI=1S/C16H23N7O2/c1-10-13(11(2)22(3)20-10)6-7-17-15(24)9-23-8-14(19-21-23)18-16(25)12-4-5-12/h8,12H,4-7,9H2,1-3H3,(H,17,24)(H,18,25). The molecule has 0 spiro atoms. The maximum absolute atomic E-state index is 12.0. The zero-order valence-electron chi connectivity index (χ0n) is 14.7. The van der Waals surface area contributed by atoms with Crippen LogP contribution in [0.2, 0.25) is 0 Å². The fourth-order valence-electron chi connectivity index (χ4n) is 2.72. The van der Waals surface area contributed by atoms with Crippen molar-refractivity contribution in [2.24, 2.45) is 13.0 Å². The SMILES string of the molecule is Cc1nn(C)c(C)c1CCNC(=O)Cn1cc(NC(=O)C2CC2)nn1. The molecule has 2 N–H and O–H groups in total. The van der Waals surface area contributed by atoms with Crippen LogP contribution >= 0.6 is 0 Å². The zero-order valence-corrected chi connectivity index (χ0v) is 14.7. The van der Waals surface area contributed by atoms with E-state index in [4.69, 9.17) is 0 Å². The first-order valence-corrected chi connectivity index (χ1v) is 8.41. The van der Waals surface area contributed by atoms with Crippen molar-refractivity contribution >= 4 is 17.6 Å². The van der Waals surface area contributed by atoms with Crippen LogP contribution in [0.1, 0.15) is 29.8 Å². The van der Waals surface area contributed by atoms with Crippen molar-refractivity contribution < 1.29 is 9.59 Å². The van der Waals surface area contributed by atoms with Gasteiger partial charge in [-0.3, -0.25) is 14.3 Å². The first-order chi connectivity index (χ1) is 11.9. The van der Waals surface area contributed by atoms with Crippen LogP contribution in [0.4, 0.5) is 5.82 Å². The number of nitrogens with zero attached hydrogens (tertiary/aromatic N) is 5. The Balaban J connectivity index is 1.44. The van der Waals surface area contributed by atoms with Crippen molar-refractivity contribution in [2.45, 2.75) is 39.7 Å². The van der Waals surface area contributed by atoms with Crippen LogP contribution in [0.3, 0.4) is 0 Å². The number of anilines is 1. The molecule has 1 fully saturated rings. The van der Waals surface area contributed by atoms with E-state index in [9.17, 15) is 9.59 Å². The van der Waals surface area contributed by atoms with E-state index in [0.29, 0.717) is 12.4 Å². The van der Waals surface area contributed by atoms with Gasteiger partial charge in [0, 0.05) is 25.2 Å². The largest absolute Gasteiger partial charge is 0.354 e. The molecule has 0 aromatic carbocycles. The Labute approximate surface area is 145 Å². The van der Waals surface area contributed by atoms with Crippen molar-refractivity contribution in [3.63, 3.8) is 0 Å². The van der Waals surface area contributed by atoms with Gasteiger partial charge in [0.1, 0.15) is 6.54 Å². The fourth-order valence-corrected chi connectivity index (χ4v) is 2.72. The summed E-state index contributed by atoms with van der Waals surface area (Å²) in [7, 11) is 1.91. The number of hydrogen-bond acceptors (Lipinski definition) is 5. The lowest BCUT2D eigenvalue weighted by molar-refractivity contribution is -0.121. The van der Waals surface area contributed by atoms with Crippen LogP contribution in [0.15, 0.2) is 6.20 Å². The molecule has 9 heteroatoms. The number of nitrogens with one attached hydrogen (secondary N) is 2. The van der Waals surface area contributed by atoms with Crippen LogP contribution in [0, 0.1) is 19.8 Å². The molecule has 1 aliphatic rings. The molecule has 134 valence electrons. The average Bonchev–Trinajstić information content (AvgIpc) is 3.28. The second-order valence-electron chi connectivity index (χ2n) is 6.44. The summed E-state index contributed by atoms with van der Waals surface area (Å²) in [5, 5.41) is 17.7. The minimum atomic E-state index is -0.149. The van der Waals surface area contributed by atoms with E-state index in [0.717, 1.165) is 36.2 Å². The Morgan fingerprint density at radius 1 is 1.32 bits per heavy atom. The topological polar surface area (TPSA) is 107 Å². The minimum absolute atomic E-state index is 0.0290. The highest BCUT2D eigenvalue weighted by Crippen LogP contribution is 2.29. The summed E-state index contributed by atoms with van der Waals surface area (Å²) >= 11 is 0. The number of rotatable bonds is 7. The number of carbonyl (C=O) groups excluding carboxylic acids is 2. The molecule has 0 bridgehead atoms. The lowest BCUT2D eigenvalue weighted by Crippen LogP contribution is -2.29. The highest BCUT2D eigenvalue weighted by molar-refractivity contribution is 5.93. The summed E-state index contributed by atoms with van der Waals surface area (Å²) in [6, 6.07) is 0. The van der Waals surface area contributed by atoms with Gasteiger partial charge in [-0.15, -0.1) is 5.10 Å². The van der Waals surface area contributed by atoms with Crippen molar-refractivity contribution in [3.05, 3.63) is 23.1 Å². The number of carbonyl (C=O) groups is 2. The van der Waals surface area contributed by atoms with Gasteiger partial charge in [0.15, 0.2) is 5.82 Å². The summed E-state index contributed by atoms with van der Waals surface area (Å²) in [5.74, 6) is 0.307. The summed E-state index contributed by atoms with van der Waals surface area (Å²) in [5.41, 5.74) is 3.26. The third kappa shape index (κ3) is 4.23. The van der Waals surface area contributed by atoms with E-state index >= 15 is 0 Å². The normalized spacial score (nSPS) is 13.7. The Hall–Kier alpha value is -2.71. The molecular formula is C16H23N7O2. The second-order valence-corrected chi connectivity index (χ2v) is 6.44. The number of hydrogen-bond donors (Lipinski definition) is 2. The fraction of sp³-hybridized carbons (Fsp3) is 0.562. The van der Waals surface area contributed by atoms with Crippen LogP contribution in [-0.4, -0.2) is 43.1 Å². The molecule has 0 radical (unpaired) electrons. The van der Waals surface area contributed by atoms with Gasteiger partial charge in [-0.05, 0) is 38.7 Å². The Kier molecular flexibility index (Phi) is 4.82. The monoisotopic (exact) mass is 345 g/mol. The third-order valence-electron chi connectivity index (χ3n) is 4.40. The molecule has 0 saturated heterocycles. The van der Waals surface area contributed by atoms with Gasteiger partial charge in [-0.25, -0.2) is 4.68 Å². The van der Waals surface area contributed by atoms with Crippen molar-refractivity contribution in [1.82, 2.24) is 30.1 Å². The molecule has 25 heavy (non-hydrogen) atoms. The minimum Gasteiger partial charge on any atom is -0.354 e. The van der Waals surface area contributed by atoms with Crippen LogP contribution in [0.5, 0.6) is 0 Å². The summed E-state index contributed by atoms with van der Waals surface area (Å²) in [4.78, 5) is 23.7. The Bertz CT molecular complexity index is 789. The smallest absolute Gasteiger partial charge is 0.241 e. The molecule has 2 aromatic rings. The molecule has 0 atom stereocenters. The molecule has 0 aliphatic heterocycles. The molecule has 1 aliphatic carbocycles. The van der Waals surface area contributed by atoms with E-state index in [1.165, 1.54) is 4.68 Å². The van der Waals surface area contributed by atoms with Crippen LogP contribution < -0.4 is 10.6 Å². The molecular weight excluding hydrogens is 322 g/mol. The lowest BCUT2D eigenvalue weighted by Gasteiger charge is -2.05. The highest BCUT2D eigenvalue weighted by Gasteiger charge is 2.30. The quantitative estimate of drug-likeness (QED) is 0.752. The molecule has 0 unspecified atom stereocenters. The van der Waals surface area contributed by atoms with Gasteiger partial charge in [0.25, 0.3) is 0 Å². The van der Waals surface area contributed by atoms with Gasteiger partial charge in [0.05, 0.1) is 11.9 Å². The second kappa shape index (κ2) is 7.04. The van der Waals surface area contributed by atoms with E-state index in [-0.39, 0.29) is 24.3 Å². The average molecular weight is 345 g/mol. The number of amides is 2. The lowest BCUT2D eigenvalue weighted by atomic mass is 10.1. The first-order valence-electron chi connectivity index (χ1n) is 8.41. The maximum Gasteiger partial charge on any atom is 0.241 e. The molecule has 2 heterocycles. The number of aromatic nitrogens is 5. The predicted octanol–water partition coefficient (Wildman–Crippen LogP) is 0.336. The summed E-state index contributed by atoms with van der Waals surface area (Å²) in [6.07, 6.45) is 4.16. The summed E-state index contributed by atoms with van der Waals surface area (Å²) in [6.45, 7) is 4.59. The van der Waals surface area contributed by atoms with Crippen molar-refractivity contribution in [1.29, 1.82) is 0 Å². The van der Waals surface area contributed by atoms with Gasteiger partial charge in [-0.2, -0.15) is 5.10 Å². The molecule has 2 aromatic heterocycles. The van der Waals surface area contributed by atoms with Gasteiger partial charge in [0.2, 0.25) is 11.8 Å².